The van der Waals surface area contributed by atoms with E-state index in [0.717, 1.165) is 30.7 Å². The molecule has 2 aromatic carbocycles. The highest BCUT2D eigenvalue weighted by Crippen LogP contribution is 2.35. The van der Waals surface area contributed by atoms with Crippen LogP contribution in [-0.4, -0.2) is 6.43 Å². The molecule has 0 bridgehead atoms. The molecule has 2 nitrogen and oxygen atoms in total. The maximum absolute atomic E-state index is 14.2. The highest BCUT2D eigenvalue weighted by Gasteiger charge is 2.37. The minimum Gasteiger partial charge on any atom is -0.462 e. The van der Waals surface area contributed by atoms with Gasteiger partial charge < -0.3 is 9.47 Å². The molecule has 0 fully saturated rings. The summed E-state index contributed by atoms with van der Waals surface area (Å²) in [6.45, 7) is 1.87. The Labute approximate surface area is 152 Å². The molecule has 0 spiro atoms. The lowest BCUT2D eigenvalue weighted by molar-refractivity contribution is -0.187. The van der Waals surface area contributed by atoms with E-state index in [1.54, 1.807) is 0 Å². The topological polar surface area (TPSA) is 18.5 Å². The largest absolute Gasteiger partial charge is 0.462 e. The van der Waals surface area contributed by atoms with Gasteiger partial charge in [-0.2, -0.15) is 8.78 Å². The van der Waals surface area contributed by atoms with Crippen molar-refractivity contribution in [2.24, 2.45) is 0 Å². The molecular weight excluding hydrogens is 374 g/mol. The Balaban J connectivity index is 2.16. The summed E-state index contributed by atoms with van der Waals surface area (Å²) in [6, 6.07) is 5.75. The Morgan fingerprint density at radius 1 is 1.04 bits per heavy atom. The van der Waals surface area contributed by atoms with Gasteiger partial charge in [0.1, 0.15) is 11.6 Å². The van der Waals surface area contributed by atoms with Crippen LogP contribution in [0, 0.1) is 11.6 Å². The number of ether oxygens (including phenoxy) is 2. The maximum atomic E-state index is 14.2. The van der Waals surface area contributed by atoms with E-state index in [9.17, 15) is 26.3 Å². The van der Waals surface area contributed by atoms with E-state index in [1.807, 2.05) is 6.92 Å². The molecule has 8 heteroatoms. The number of halogens is 6. The first-order valence-electron chi connectivity index (χ1n) is 7.99. The van der Waals surface area contributed by atoms with Crippen LogP contribution in [0.3, 0.4) is 0 Å². The van der Waals surface area contributed by atoms with Gasteiger partial charge in [0.05, 0.1) is 11.8 Å². The van der Waals surface area contributed by atoms with E-state index in [1.165, 1.54) is 6.07 Å². The summed E-state index contributed by atoms with van der Waals surface area (Å²) in [5, 5.41) is 0. The van der Waals surface area contributed by atoms with Crippen molar-refractivity contribution in [3.8, 4) is 11.5 Å². The molecule has 0 radical (unpaired) electrons. The van der Waals surface area contributed by atoms with Crippen molar-refractivity contribution in [3.63, 3.8) is 0 Å². The molecule has 0 N–H and O–H groups in total. The molecule has 0 atom stereocenters. The molecule has 0 amide bonds. The average Bonchev–Trinajstić information content (AvgIpc) is 2.56. The van der Waals surface area contributed by atoms with Crippen LogP contribution in [0.5, 0.6) is 11.5 Å². The molecule has 0 saturated carbocycles. The van der Waals surface area contributed by atoms with Crippen molar-refractivity contribution in [2.45, 2.75) is 32.3 Å². The minimum absolute atomic E-state index is 0.378. The lowest BCUT2D eigenvalue weighted by atomic mass is 10.1. The van der Waals surface area contributed by atoms with Crippen LogP contribution in [-0.2, 0) is 12.5 Å². The third-order valence-electron chi connectivity index (χ3n) is 3.45. The van der Waals surface area contributed by atoms with Crippen LogP contribution in [0.4, 0.5) is 26.3 Å². The number of alkyl halides is 4. The molecule has 0 heterocycles. The molecule has 27 heavy (non-hydrogen) atoms. The zero-order valence-corrected chi connectivity index (χ0v) is 14.2. The first-order chi connectivity index (χ1) is 12.7. The third-order valence-corrected chi connectivity index (χ3v) is 3.45. The van der Waals surface area contributed by atoms with Gasteiger partial charge in [-0.05, 0) is 36.2 Å². The fraction of sp³-hybridized carbons (Fsp3) is 0.263. The van der Waals surface area contributed by atoms with E-state index in [0.29, 0.717) is 30.4 Å². The predicted molar refractivity (Wildman–Crippen MR) is 87.1 cm³/mol. The van der Waals surface area contributed by atoms with Crippen molar-refractivity contribution in [1.82, 2.24) is 0 Å². The van der Waals surface area contributed by atoms with E-state index in [2.05, 4.69) is 9.47 Å². The third kappa shape index (κ3) is 5.67. The average molecular weight is 390 g/mol. The van der Waals surface area contributed by atoms with Crippen LogP contribution >= 0.6 is 0 Å². The number of benzene rings is 2. The molecule has 0 aliphatic rings. The lowest BCUT2D eigenvalue weighted by Gasteiger charge is -2.19. The first kappa shape index (κ1) is 20.7. The van der Waals surface area contributed by atoms with Gasteiger partial charge in [0, 0.05) is 12.1 Å². The summed E-state index contributed by atoms with van der Waals surface area (Å²) in [5.74, 6) is -3.29. The molecule has 0 unspecified atom stereocenters. The zero-order valence-electron chi connectivity index (χ0n) is 14.2. The molecule has 0 saturated heterocycles. The molecule has 0 aromatic heterocycles. The van der Waals surface area contributed by atoms with Crippen LogP contribution in [0.25, 0.3) is 0 Å². The van der Waals surface area contributed by atoms with Gasteiger partial charge in [-0.3, -0.25) is 0 Å². The maximum Gasteiger partial charge on any atom is 0.429 e. The number of aryl methyl sites for hydroxylation is 1. The van der Waals surface area contributed by atoms with Crippen LogP contribution < -0.4 is 9.47 Å². The molecule has 146 valence electrons. The van der Waals surface area contributed by atoms with Gasteiger partial charge in [0.15, 0.2) is 11.6 Å². The Morgan fingerprint density at radius 2 is 1.78 bits per heavy atom. The fourth-order valence-electron chi connectivity index (χ4n) is 2.25. The summed E-state index contributed by atoms with van der Waals surface area (Å²) in [5.41, 5.74) is -0.415. The van der Waals surface area contributed by atoms with Crippen molar-refractivity contribution >= 4 is 0 Å². The van der Waals surface area contributed by atoms with Gasteiger partial charge in [-0.25, -0.2) is 17.6 Å². The normalized spacial score (nSPS) is 12.0. The van der Waals surface area contributed by atoms with E-state index in [-0.39, 0.29) is 0 Å². The van der Waals surface area contributed by atoms with E-state index in [4.69, 9.17) is 0 Å². The number of hydrogen-bond acceptors (Lipinski definition) is 2. The Morgan fingerprint density at radius 3 is 2.37 bits per heavy atom. The van der Waals surface area contributed by atoms with E-state index >= 15 is 0 Å². The minimum atomic E-state index is -4.04. The monoisotopic (exact) mass is 390 g/mol. The second-order valence-electron chi connectivity index (χ2n) is 5.56. The molecule has 0 aliphatic heterocycles. The molecule has 2 aromatic rings. The molecular formula is C19H16F6O2. The molecule has 2 rings (SSSR count). The quantitative estimate of drug-likeness (QED) is 0.395. The standard InChI is InChI=1S/C19H16F6O2/c1-2-3-12-4-6-14(15(20)10-12)19(24,25)27-13-5-7-17(16(21)11-13)26-9-8-18(22)23/h4-11,18H,2-3H2,1H3/b9-8+. The van der Waals surface area contributed by atoms with Crippen molar-refractivity contribution < 1.29 is 35.8 Å². The number of hydrogen-bond donors (Lipinski definition) is 0. The van der Waals surface area contributed by atoms with Gasteiger partial charge in [0.2, 0.25) is 0 Å². The lowest BCUT2D eigenvalue weighted by Crippen LogP contribution is -2.23. The van der Waals surface area contributed by atoms with Crippen LogP contribution in [0.15, 0.2) is 48.7 Å². The van der Waals surface area contributed by atoms with Gasteiger partial charge in [0.25, 0.3) is 6.43 Å². The molecule has 0 aliphatic carbocycles. The second-order valence-corrected chi connectivity index (χ2v) is 5.56. The Hall–Kier alpha value is -2.64. The SMILES string of the molecule is CCCc1ccc(C(F)(F)Oc2ccc(O/C=C/C(F)F)c(F)c2)c(F)c1. The van der Waals surface area contributed by atoms with Crippen LogP contribution in [0.2, 0.25) is 0 Å². The van der Waals surface area contributed by atoms with Gasteiger partial charge >= 0.3 is 6.11 Å². The number of allylic oxidation sites excluding steroid dienone is 1. The smallest absolute Gasteiger partial charge is 0.429 e. The van der Waals surface area contributed by atoms with Crippen molar-refractivity contribution in [2.75, 3.05) is 0 Å². The van der Waals surface area contributed by atoms with Gasteiger partial charge in [-0.15, -0.1) is 0 Å². The fourth-order valence-corrected chi connectivity index (χ4v) is 2.25. The second kappa shape index (κ2) is 8.83. The van der Waals surface area contributed by atoms with Crippen molar-refractivity contribution in [1.29, 1.82) is 0 Å². The van der Waals surface area contributed by atoms with Crippen molar-refractivity contribution in [3.05, 3.63) is 71.5 Å². The first-order valence-corrected chi connectivity index (χ1v) is 7.99. The summed E-state index contributed by atoms with van der Waals surface area (Å²) in [6.07, 6.45) is -4.61. The van der Waals surface area contributed by atoms with Crippen LogP contribution in [0.1, 0.15) is 24.5 Å². The van der Waals surface area contributed by atoms with E-state index < -0.39 is 41.2 Å². The highest BCUT2D eigenvalue weighted by atomic mass is 19.3. The van der Waals surface area contributed by atoms with Gasteiger partial charge in [-0.1, -0.05) is 19.4 Å². The summed E-state index contributed by atoms with van der Waals surface area (Å²) >= 11 is 0. The summed E-state index contributed by atoms with van der Waals surface area (Å²) < 4.78 is 89.3. The Kier molecular flexibility index (Phi) is 6.76. The summed E-state index contributed by atoms with van der Waals surface area (Å²) in [4.78, 5) is 0. The Bertz CT molecular complexity index is 805. The highest BCUT2D eigenvalue weighted by molar-refractivity contribution is 5.35. The number of rotatable bonds is 8. The zero-order chi connectivity index (χ0) is 20.0. The summed E-state index contributed by atoms with van der Waals surface area (Å²) in [7, 11) is 0. The predicted octanol–water partition coefficient (Wildman–Crippen LogP) is 6.20.